The number of carbonyl (C=O) groups excluding carboxylic acids is 1. The molecule has 2 aliphatic rings. The molecule has 1 saturated heterocycles. The maximum atomic E-state index is 12.1. The van der Waals surface area contributed by atoms with Crippen molar-refractivity contribution in [1.82, 2.24) is 20.8 Å². The van der Waals surface area contributed by atoms with Gasteiger partial charge in [0.05, 0.1) is 12.2 Å². The first-order chi connectivity index (χ1) is 12.8. The largest absolute Gasteiger partial charge is 0.355 e. The topological polar surface area (TPSA) is 70.2 Å². The maximum absolute atomic E-state index is 12.1. The summed E-state index contributed by atoms with van der Waals surface area (Å²) in [5.41, 5.74) is 2.55. The fourth-order valence-electron chi connectivity index (χ4n) is 3.70. The predicted molar refractivity (Wildman–Crippen MR) is 104 cm³/mol. The standard InChI is InChI=1S/C19H25N5OS/c25-19(20-13-16-5-3-11-26-16)21-15-7-9-24(10-8-15)18-12-14-4-1-2-6-17(14)22-23-18/h3,5,11-12,15H,1-2,4,6-10,13H2,(H2,20,21,25). The zero-order valence-electron chi connectivity index (χ0n) is 14.9. The highest BCUT2D eigenvalue weighted by atomic mass is 32.1. The average Bonchev–Trinajstić information content (AvgIpc) is 3.20. The lowest BCUT2D eigenvalue weighted by atomic mass is 9.96. The molecule has 0 unspecified atom stereocenters. The van der Waals surface area contributed by atoms with Crippen LogP contribution < -0.4 is 15.5 Å². The molecule has 1 aliphatic carbocycles. The number of aryl methyl sites for hydroxylation is 2. The molecule has 7 heteroatoms. The number of nitrogens with zero attached hydrogens (tertiary/aromatic N) is 3. The highest BCUT2D eigenvalue weighted by Crippen LogP contribution is 2.24. The van der Waals surface area contributed by atoms with Crippen molar-refractivity contribution in [1.29, 1.82) is 0 Å². The van der Waals surface area contributed by atoms with Crippen LogP contribution in [0.2, 0.25) is 0 Å². The summed E-state index contributed by atoms with van der Waals surface area (Å²) in [5.74, 6) is 0.992. The minimum absolute atomic E-state index is 0.0783. The Balaban J connectivity index is 1.25. The molecule has 3 heterocycles. The van der Waals surface area contributed by atoms with E-state index in [1.54, 1.807) is 11.3 Å². The van der Waals surface area contributed by atoms with E-state index in [-0.39, 0.29) is 12.1 Å². The van der Waals surface area contributed by atoms with E-state index in [9.17, 15) is 4.79 Å². The Kier molecular flexibility index (Phi) is 5.34. The molecule has 26 heavy (non-hydrogen) atoms. The quantitative estimate of drug-likeness (QED) is 0.867. The van der Waals surface area contributed by atoms with Crippen LogP contribution in [0.4, 0.5) is 10.6 Å². The number of urea groups is 1. The smallest absolute Gasteiger partial charge is 0.315 e. The molecule has 0 aromatic carbocycles. The van der Waals surface area contributed by atoms with Crippen LogP contribution in [0.1, 0.15) is 41.8 Å². The first kappa shape index (κ1) is 17.3. The maximum Gasteiger partial charge on any atom is 0.315 e. The van der Waals surface area contributed by atoms with E-state index in [2.05, 4.69) is 31.8 Å². The van der Waals surface area contributed by atoms with Gasteiger partial charge in [-0.1, -0.05) is 6.07 Å². The minimum Gasteiger partial charge on any atom is -0.355 e. The fourth-order valence-corrected chi connectivity index (χ4v) is 4.35. The van der Waals surface area contributed by atoms with Crippen molar-refractivity contribution in [2.24, 2.45) is 0 Å². The number of rotatable bonds is 4. The molecule has 0 spiro atoms. The molecule has 1 fully saturated rings. The second kappa shape index (κ2) is 8.03. The lowest BCUT2D eigenvalue weighted by Crippen LogP contribution is -2.48. The molecule has 2 aromatic rings. The third kappa shape index (κ3) is 4.15. The third-order valence-corrected chi connectivity index (χ3v) is 6.09. The lowest BCUT2D eigenvalue weighted by molar-refractivity contribution is 0.234. The zero-order chi connectivity index (χ0) is 17.8. The first-order valence-corrected chi connectivity index (χ1v) is 10.3. The van der Waals surface area contributed by atoms with Crippen LogP contribution in [-0.2, 0) is 19.4 Å². The molecule has 6 nitrogen and oxygen atoms in total. The summed E-state index contributed by atoms with van der Waals surface area (Å²) in [7, 11) is 0. The van der Waals surface area contributed by atoms with Crippen molar-refractivity contribution in [3.63, 3.8) is 0 Å². The summed E-state index contributed by atoms with van der Waals surface area (Å²) in [6, 6.07) is 6.40. The normalized spacial score (nSPS) is 17.6. The summed E-state index contributed by atoms with van der Waals surface area (Å²) in [5, 5.41) is 16.9. The number of aromatic nitrogens is 2. The van der Waals surface area contributed by atoms with Crippen LogP contribution in [0.15, 0.2) is 23.6 Å². The van der Waals surface area contributed by atoms with Crippen LogP contribution in [0, 0.1) is 0 Å². The second-order valence-electron chi connectivity index (χ2n) is 7.05. The molecule has 0 saturated carbocycles. The van der Waals surface area contributed by atoms with Gasteiger partial charge in [0.1, 0.15) is 0 Å². The molecule has 2 aromatic heterocycles. The Labute approximate surface area is 158 Å². The van der Waals surface area contributed by atoms with Gasteiger partial charge in [0.25, 0.3) is 0 Å². The average molecular weight is 372 g/mol. The SMILES string of the molecule is O=C(NCc1cccs1)NC1CCN(c2cc3c(nn2)CCCC3)CC1. The Morgan fingerprint density at radius 1 is 1.23 bits per heavy atom. The number of fused-ring (bicyclic) bond motifs is 1. The number of carbonyl (C=O) groups is 1. The number of anilines is 1. The van der Waals surface area contributed by atoms with E-state index < -0.39 is 0 Å². The number of piperidine rings is 1. The van der Waals surface area contributed by atoms with Gasteiger partial charge in [0.15, 0.2) is 5.82 Å². The zero-order valence-corrected chi connectivity index (χ0v) is 15.7. The molecule has 0 atom stereocenters. The summed E-state index contributed by atoms with van der Waals surface area (Å²) in [4.78, 5) is 15.5. The summed E-state index contributed by atoms with van der Waals surface area (Å²) in [6.45, 7) is 2.40. The number of hydrogen-bond acceptors (Lipinski definition) is 5. The lowest BCUT2D eigenvalue weighted by Gasteiger charge is -2.33. The van der Waals surface area contributed by atoms with E-state index in [1.807, 2.05) is 17.5 Å². The summed E-state index contributed by atoms with van der Waals surface area (Å²) in [6.07, 6.45) is 6.54. The van der Waals surface area contributed by atoms with Crippen molar-refractivity contribution in [2.45, 2.75) is 51.1 Å². The van der Waals surface area contributed by atoms with Crippen LogP contribution >= 0.6 is 11.3 Å². The van der Waals surface area contributed by atoms with Crippen LogP contribution in [0.3, 0.4) is 0 Å². The van der Waals surface area contributed by atoms with Crippen LogP contribution in [0.5, 0.6) is 0 Å². The van der Waals surface area contributed by atoms with Crippen LogP contribution in [0.25, 0.3) is 0 Å². The monoisotopic (exact) mass is 371 g/mol. The van der Waals surface area contributed by atoms with Gasteiger partial charge in [0.2, 0.25) is 0 Å². The fraction of sp³-hybridized carbons (Fsp3) is 0.526. The van der Waals surface area contributed by atoms with Crippen molar-refractivity contribution >= 4 is 23.2 Å². The predicted octanol–water partition coefficient (Wildman–Crippen LogP) is 2.89. The highest BCUT2D eigenvalue weighted by Gasteiger charge is 2.23. The number of thiophene rings is 1. The summed E-state index contributed by atoms with van der Waals surface area (Å²) < 4.78 is 0. The van der Waals surface area contributed by atoms with Crippen LogP contribution in [-0.4, -0.2) is 35.4 Å². The molecular weight excluding hydrogens is 346 g/mol. The molecule has 0 bridgehead atoms. The van der Waals surface area contributed by atoms with Gasteiger partial charge in [-0.05, 0) is 61.6 Å². The van der Waals surface area contributed by atoms with E-state index in [0.717, 1.165) is 44.6 Å². The van der Waals surface area contributed by atoms with Crippen molar-refractivity contribution < 1.29 is 4.79 Å². The summed E-state index contributed by atoms with van der Waals surface area (Å²) >= 11 is 1.66. The van der Waals surface area contributed by atoms with E-state index in [1.165, 1.54) is 29.0 Å². The van der Waals surface area contributed by atoms with Crippen molar-refractivity contribution in [3.8, 4) is 0 Å². The van der Waals surface area contributed by atoms with Gasteiger partial charge >= 0.3 is 6.03 Å². The molecule has 2 N–H and O–H groups in total. The van der Waals surface area contributed by atoms with Crippen molar-refractivity contribution in [2.75, 3.05) is 18.0 Å². The number of hydrogen-bond donors (Lipinski definition) is 2. The molecular formula is C19H25N5OS. The Hall–Kier alpha value is -2.15. The highest BCUT2D eigenvalue weighted by molar-refractivity contribution is 7.09. The third-order valence-electron chi connectivity index (χ3n) is 5.21. The van der Waals surface area contributed by atoms with Gasteiger partial charge in [-0.2, -0.15) is 5.10 Å². The number of nitrogens with one attached hydrogen (secondary N) is 2. The van der Waals surface area contributed by atoms with E-state index in [4.69, 9.17) is 0 Å². The number of amides is 2. The van der Waals surface area contributed by atoms with Gasteiger partial charge in [0, 0.05) is 24.0 Å². The van der Waals surface area contributed by atoms with E-state index in [0.29, 0.717) is 6.54 Å². The van der Waals surface area contributed by atoms with Gasteiger partial charge in [-0.15, -0.1) is 16.4 Å². The molecule has 1 aliphatic heterocycles. The Bertz CT molecular complexity index is 740. The molecule has 0 radical (unpaired) electrons. The minimum atomic E-state index is -0.0783. The Morgan fingerprint density at radius 2 is 2.08 bits per heavy atom. The Morgan fingerprint density at radius 3 is 2.88 bits per heavy atom. The molecule has 138 valence electrons. The first-order valence-electron chi connectivity index (χ1n) is 9.45. The molecule has 4 rings (SSSR count). The van der Waals surface area contributed by atoms with Gasteiger partial charge < -0.3 is 15.5 Å². The van der Waals surface area contributed by atoms with Crippen molar-refractivity contribution in [3.05, 3.63) is 39.7 Å². The van der Waals surface area contributed by atoms with Gasteiger partial charge in [-0.25, -0.2) is 4.79 Å². The molecule has 2 amide bonds. The van der Waals surface area contributed by atoms with E-state index >= 15 is 0 Å². The van der Waals surface area contributed by atoms with Gasteiger partial charge in [-0.3, -0.25) is 0 Å². The second-order valence-corrected chi connectivity index (χ2v) is 8.08.